The Morgan fingerprint density at radius 1 is 0.244 bits per heavy atom. The number of hydrogen-bond donors (Lipinski definition) is 0. The van der Waals surface area contributed by atoms with Gasteiger partial charge in [0.05, 0.1) is 27.9 Å². The van der Waals surface area contributed by atoms with Crippen LogP contribution in [-0.2, 0) is 10.8 Å². The summed E-state index contributed by atoms with van der Waals surface area (Å²) >= 11 is 0. The molecular weight excluding hydrogens is 989 g/mol. The van der Waals surface area contributed by atoms with Crippen LogP contribution >= 0.6 is 0 Å². The third kappa shape index (κ3) is 7.08. The highest BCUT2D eigenvalue weighted by molar-refractivity contribution is 6.02. The molecule has 13 aromatic rings. The number of rotatable bonds is 9. The van der Waals surface area contributed by atoms with Crippen LogP contribution in [0.15, 0.2) is 328 Å². The number of para-hydroxylation sites is 3. The maximum Gasteiger partial charge on any atom is 0.0755 e. The molecule has 2 heteroatoms. The molecule has 2 aliphatic carbocycles. The van der Waals surface area contributed by atoms with Crippen molar-refractivity contribution >= 4 is 34.1 Å². The Labute approximate surface area is 479 Å². The molecular formula is C80H54N2. The molecule has 0 radical (unpaired) electrons. The van der Waals surface area contributed by atoms with E-state index >= 15 is 0 Å². The third-order valence-electron chi connectivity index (χ3n) is 17.7. The zero-order chi connectivity index (χ0) is 54.2. The van der Waals surface area contributed by atoms with Gasteiger partial charge in [0.2, 0.25) is 0 Å². The average Bonchev–Trinajstić information content (AvgIpc) is 3.12. The van der Waals surface area contributed by atoms with Crippen molar-refractivity contribution in [1.82, 2.24) is 0 Å². The first kappa shape index (κ1) is 47.5. The standard InChI is InChI=1S/C80H54N2/c1-6-25-55(26-7-1)58-51-59(56-27-8-2-9-28-56)53-60(52-58)57-45-47-64(48-46-57)81(65-49-50-67-66-35-16-18-37-69(66)79(74(67)54-65,61-29-10-3-11-30-61)62-31-12-4-13-32-62)77-44-24-41-73-78(77)68-36-17-19-38-70(68)80(73)71-39-20-22-42-75(71)82(63-33-14-5-15-34-63)76-43-23-21-40-72(76)80/h1-54H. The van der Waals surface area contributed by atoms with Gasteiger partial charge in [-0.1, -0.05) is 255 Å². The van der Waals surface area contributed by atoms with Gasteiger partial charge in [-0.25, -0.2) is 0 Å². The molecule has 1 spiro atoms. The van der Waals surface area contributed by atoms with E-state index in [-0.39, 0.29) is 0 Å². The molecule has 1 aliphatic heterocycles. The fourth-order valence-corrected chi connectivity index (χ4v) is 14.4. The summed E-state index contributed by atoms with van der Waals surface area (Å²) in [5.74, 6) is 0. The Bertz CT molecular complexity index is 4410. The molecule has 0 fully saturated rings. The third-order valence-corrected chi connectivity index (χ3v) is 17.7. The highest BCUT2D eigenvalue weighted by atomic mass is 15.2. The van der Waals surface area contributed by atoms with Crippen LogP contribution in [0.2, 0.25) is 0 Å². The van der Waals surface area contributed by atoms with E-state index in [1.807, 2.05) is 0 Å². The Balaban J connectivity index is 0.952. The summed E-state index contributed by atoms with van der Waals surface area (Å²) in [5, 5.41) is 0. The van der Waals surface area contributed by atoms with E-state index in [9.17, 15) is 0 Å². The minimum atomic E-state index is -0.633. The van der Waals surface area contributed by atoms with E-state index in [1.54, 1.807) is 0 Å². The van der Waals surface area contributed by atoms with Crippen LogP contribution in [-0.4, -0.2) is 0 Å². The topological polar surface area (TPSA) is 6.48 Å². The van der Waals surface area contributed by atoms with Gasteiger partial charge >= 0.3 is 0 Å². The first-order valence-electron chi connectivity index (χ1n) is 28.5. The number of benzene rings is 13. The van der Waals surface area contributed by atoms with Crippen molar-refractivity contribution in [3.63, 3.8) is 0 Å². The van der Waals surface area contributed by atoms with Gasteiger partial charge in [0.1, 0.15) is 0 Å². The lowest BCUT2D eigenvalue weighted by Crippen LogP contribution is -2.36. The van der Waals surface area contributed by atoms with E-state index in [1.165, 1.54) is 106 Å². The molecule has 13 aromatic carbocycles. The maximum absolute atomic E-state index is 2.55. The van der Waals surface area contributed by atoms with Crippen molar-refractivity contribution < 1.29 is 0 Å². The van der Waals surface area contributed by atoms with Gasteiger partial charge in [-0.15, -0.1) is 0 Å². The van der Waals surface area contributed by atoms with Gasteiger partial charge in [-0.05, 0) is 167 Å². The second-order valence-electron chi connectivity index (χ2n) is 21.9. The average molecular weight is 1040 g/mol. The van der Waals surface area contributed by atoms with E-state index in [2.05, 4.69) is 337 Å². The summed E-state index contributed by atoms with van der Waals surface area (Å²) in [7, 11) is 0. The molecule has 0 N–H and O–H groups in total. The zero-order valence-electron chi connectivity index (χ0n) is 45.1. The summed E-state index contributed by atoms with van der Waals surface area (Å²) in [6.45, 7) is 0. The fourth-order valence-electron chi connectivity index (χ4n) is 14.4. The normalized spacial score (nSPS) is 13.5. The highest BCUT2D eigenvalue weighted by Crippen LogP contribution is 2.66. The molecule has 0 unspecified atom stereocenters. The van der Waals surface area contributed by atoms with Crippen molar-refractivity contribution in [2.45, 2.75) is 10.8 Å². The van der Waals surface area contributed by atoms with E-state index < -0.39 is 10.8 Å². The van der Waals surface area contributed by atoms with Crippen molar-refractivity contribution in [3.05, 3.63) is 372 Å². The molecule has 16 rings (SSSR count). The predicted octanol–water partition coefficient (Wildman–Crippen LogP) is 20.7. The zero-order valence-corrected chi connectivity index (χ0v) is 45.1. The van der Waals surface area contributed by atoms with Crippen molar-refractivity contribution in [2.24, 2.45) is 0 Å². The van der Waals surface area contributed by atoms with Crippen LogP contribution < -0.4 is 9.80 Å². The van der Waals surface area contributed by atoms with Crippen LogP contribution in [0.4, 0.5) is 34.1 Å². The van der Waals surface area contributed by atoms with Crippen LogP contribution in [0.1, 0.15) is 44.5 Å². The number of fused-ring (bicyclic) bond motifs is 12. The van der Waals surface area contributed by atoms with Gasteiger partial charge in [0.25, 0.3) is 0 Å². The smallest absolute Gasteiger partial charge is 0.0755 e. The van der Waals surface area contributed by atoms with Crippen molar-refractivity contribution in [3.8, 4) is 55.6 Å². The number of hydrogen-bond acceptors (Lipinski definition) is 2. The fraction of sp³-hybridized carbons (Fsp3) is 0.0250. The van der Waals surface area contributed by atoms with Gasteiger partial charge in [0.15, 0.2) is 0 Å². The summed E-state index contributed by atoms with van der Waals surface area (Å²) in [6.07, 6.45) is 0. The number of anilines is 6. The maximum atomic E-state index is 2.55. The van der Waals surface area contributed by atoms with Gasteiger partial charge in [0, 0.05) is 22.6 Å². The Hall–Kier alpha value is -10.5. The molecule has 0 aromatic heterocycles. The molecule has 1 heterocycles. The summed E-state index contributed by atoms with van der Waals surface area (Å²) in [6, 6.07) is 122. The van der Waals surface area contributed by atoms with E-state index in [0.29, 0.717) is 0 Å². The van der Waals surface area contributed by atoms with Gasteiger partial charge in [-0.3, -0.25) is 0 Å². The van der Waals surface area contributed by atoms with Gasteiger partial charge < -0.3 is 9.80 Å². The lowest BCUT2D eigenvalue weighted by molar-refractivity contribution is 0.752. The molecule has 0 amide bonds. The van der Waals surface area contributed by atoms with Crippen LogP contribution in [0, 0.1) is 0 Å². The quantitative estimate of drug-likeness (QED) is 0.142. The molecule has 384 valence electrons. The summed E-state index contributed by atoms with van der Waals surface area (Å²) in [4.78, 5) is 5.01. The van der Waals surface area contributed by atoms with Crippen molar-refractivity contribution in [2.75, 3.05) is 9.80 Å². The van der Waals surface area contributed by atoms with Crippen LogP contribution in [0.5, 0.6) is 0 Å². The molecule has 0 atom stereocenters. The van der Waals surface area contributed by atoms with E-state index in [0.717, 1.165) is 28.3 Å². The minimum absolute atomic E-state index is 0.588. The first-order valence-corrected chi connectivity index (χ1v) is 28.5. The monoisotopic (exact) mass is 1040 g/mol. The number of nitrogens with zero attached hydrogens (tertiary/aromatic N) is 2. The highest BCUT2D eigenvalue weighted by Gasteiger charge is 2.53. The Kier molecular flexibility index (Phi) is 11.0. The summed E-state index contributed by atoms with van der Waals surface area (Å²) < 4.78 is 0. The molecule has 2 nitrogen and oxygen atoms in total. The van der Waals surface area contributed by atoms with E-state index in [4.69, 9.17) is 0 Å². The Morgan fingerprint density at radius 3 is 1.22 bits per heavy atom. The van der Waals surface area contributed by atoms with Gasteiger partial charge in [-0.2, -0.15) is 0 Å². The predicted molar refractivity (Wildman–Crippen MR) is 340 cm³/mol. The molecule has 82 heavy (non-hydrogen) atoms. The second kappa shape index (κ2) is 19.1. The second-order valence-corrected chi connectivity index (χ2v) is 21.9. The summed E-state index contributed by atoms with van der Waals surface area (Å²) in [5.41, 5.74) is 27.7. The minimum Gasteiger partial charge on any atom is -0.310 e. The largest absolute Gasteiger partial charge is 0.310 e. The first-order chi connectivity index (χ1) is 40.7. The lowest BCUT2D eigenvalue weighted by atomic mass is 9.64. The van der Waals surface area contributed by atoms with Crippen LogP contribution in [0.25, 0.3) is 55.6 Å². The molecule has 3 aliphatic rings. The molecule has 0 saturated carbocycles. The lowest BCUT2D eigenvalue weighted by Gasteiger charge is -2.45. The van der Waals surface area contributed by atoms with Crippen molar-refractivity contribution in [1.29, 1.82) is 0 Å². The SMILES string of the molecule is c1ccc(-c2cc(-c3ccccc3)cc(-c3ccc(N(c4ccc5c(c4)C(c4ccccc4)(c4ccccc4)c4ccccc4-5)c4cccc5c4-c4ccccc4C54c5ccccc5N(c5ccccc5)c5ccccc54)cc3)c2)cc1. The van der Waals surface area contributed by atoms with Crippen LogP contribution in [0.3, 0.4) is 0 Å². The Morgan fingerprint density at radius 2 is 0.659 bits per heavy atom. The molecule has 0 bridgehead atoms. The molecule has 0 saturated heterocycles.